The molecule has 4 nitrogen and oxygen atoms in total. The molecule has 0 unspecified atom stereocenters. The van der Waals surface area contributed by atoms with Crippen molar-refractivity contribution in [3.8, 4) is 5.69 Å². The highest BCUT2D eigenvalue weighted by molar-refractivity contribution is 8.00. The Balaban J connectivity index is 1.65. The molecule has 0 spiro atoms. The molecule has 0 fully saturated rings. The lowest BCUT2D eigenvalue weighted by molar-refractivity contribution is -0.119. The van der Waals surface area contributed by atoms with Gasteiger partial charge in [-0.25, -0.2) is 4.68 Å². The van der Waals surface area contributed by atoms with E-state index in [2.05, 4.69) is 10.4 Å². The van der Waals surface area contributed by atoms with Crippen molar-refractivity contribution < 1.29 is 4.79 Å². The number of carbonyl (C=O) groups excluding carboxylic acids is 1. The summed E-state index contributed by atoms with van der Waals surface area (Å²) in [6, 6.07) is 20.0. The van der Waals surface area contributed by atoms with Gasteiger partial charge in [0, 0.05) is 0 Å². The van der Waals surface area contributed by atoms with Crippen LogP contribution in [-0.4, -0.2) is 21.4 Å². The van der Waals surface area contributed by atoms with Crippen LogP contribution in [0.25, 0.3) is 5.69 Å². The third-order valence-electron chi connectivity index (χ3n) is 4.25. The van der Waals surface area contributed by atoms with Crippen LogP contribution < -0.4 is 5.32 Å². The first-order chi connectivity index (χ1) is 12.6. The number of hydrogen-bond donors (Lipinski definition) is 1. The van der Waals surface area contributed by atoms with Gasteiger partial charge in [0.1, 0.15) is 0 Å². The molecule has 3 rings (SSSR count). The Kier molecular flexibility index (Phi) is 5.78. The van der Waals surface area contributed by atoms with Crippen molar-refractivity contribution in [1.82, 2.24) is 15.1 Å². The van der Waals surface area contributed by atoms with Crippen molar-refractivity contribution in [3.63, 3.8) is 0 Å². The molecule has 1 N–H and O–H groups in total. The Hall–Kier alpha value is -2.53. The summed E-state index contributed by atoms with van der Waals surface area (Å²) in [7, 11) is 0. The molecule has 26 heavy (non-hydrogen) atoms. The zero-order valence-electron chi connectivity index (χ0n) is 15.3. The Morgan fingerprint density at radius 2 is 1.69 bits per heavy atom. The van der Waals surface area contributed by atoms with E-state index in [1.807, 2.05) is 86.1 Å². The minimum absolute atomic E-state index is 0.00136. The normalized spacial score (nSPS) is 12.0. The van der Waals surface area contributed by atoms with Crippen molar-refractivity contribution in [2.75, 3.05) is 5.75 Å². The summed E-state index contributed by atoms with van der Waals surface area (Å²) in [5.41, 5.74) is 4.14. The molecule has 134 valence electrons. The lowest BCUT2D eigenvalue weighted by atomic mass is 10.1. The predicted molar refractivity (Wildman–Crippen MR) is 107 cm³/mol. The minimum Gasteiger partial charge on any atom is -0.349 e. The van der Waals surface area contributed by atoms with Gasteiger partial charge in [-0.1, -0.05) is 48.5 Å². The average molecular weight is 366 g/mol. The van der Waals surface area contributed by atoms with E-state index in [1.54, 1.807) is 0 Å². The van der Waals surface area contributed by atoms with Crippen molar-refractivity contribution in [2.45, 2.75) is 31.7 Å². The molecule has 0 radical (unpaired) electrons. The maximum atomic E-state index is 12.3. The molecule has 1 heterocycles. The molecule has 1 amide bonds. The second-order valence-corrected chi connectivity index (χ2v) is 7.22. The van der Waals surface area contributed by atoms with E-state index in [-0.39, 0.29) is 11.9 Å². The third-order valence-corrected chi connectivity index (χ3v) is 5.54. The molecule has 5 heteroatoms. The van der Waals surface area contributed by atoms with Gasteiger partial charge in [0.15, 0.2) is 0 Å². The second-order valence-electron chi connectivity index (χ2n) is 6.24. The zero-order chi connectivity index (χ0) is 18.5. The summed E-state index contributed by atoms with van der Waals surface area (Å²) < 4.78 is 1.93. The summed E-state index contributed by atoms with van der Waals surface area (Å²) in [5, 5.41) is 7.69. The van der Waals surface area contributed by atoms with E-state index in [0.717, 1.165) is 27.5 Å². The smallest absolute Gasteiger partial charge is 0.230 e. The van der Waals surface area contributed by atoms with E-state index < -0.39 is 0 Å². The van der Waals surface area contributed by atoms with Crippen LogP contribution in [0.15, 0.2) is 65.6 Å². The van der Waals surface area contributed by atoms with E-state index in [4.69, 9.17) is 0 Å². The Morgan fingerprint density at radius 1 is 1.08 bits per heavy atom. The SMILES string of the molecule is Cc1nn(-c2ccccc2)c(C)c1SCC(=O)N[C@H](C)c1ccccc1. The molecule has 0 saturated heterocycles. The molecule has 3 aromatic rings. The molecule has 0 saturated carbocycles. The number of aromatic nitrogens is 2. The summed E-state index contributed by atoms with van der Waals surface area (Å²) in [6.45, 7) is 6.03. The van der Waals surface area contributed by atoms with Gasteiger partial charge < -0.3 is 5.32 Å². The van der Waals surface area contributed by atoms with Crippen LogP contribution in [0.4, 0.5) is 0 Å². The molecular weight excluding hydrogens is 342 g/mol. The number of amides is 1. The fourth-order valence-electron chi connectivity index (χ4n) is 2.90. The minimum atomic E-state index is -0.00136. The number of nitrogens with one attached hydrogen (secondary N) is 1. The number of hydrogen-bond acceptors (Lipinski definition) is 3. The van der Waals surface area contributed by atoms with Crippen molar-refractivity contribution >= 4 is 17.7 Å². The number of para-hydroxylation sites is 1. The van der Waals surface area contributed by atoms with E-state index in [0.29, 0.717) is 5.75 Å². The first-order valence-corrected chi connectivity index (χ1v) is 9.63. The van der Waals surface area contributed by atoms with Gasteiger partial charge >= 0.3 is 0 Å². The number of carbonyl (C=O) groups is 1. The zero-order valence-corrected chi connectivity index (χ0v) is 16.1. The molecule has 1 atom stereocenters. The average Bonchev–Trinajstić information content (AvgIpc) is 2.95. The van der Waals surface area contributed by atoms with Crippen molar-refractivity contribution in [3.05, 3.63) is 77.6 Å². The van der Waals surface area contributed by atoms with E-state index in [1.165, 1.54) is 11.8 Å². The Bertz CT molecular complexity index is 875. The molecule has 0 bridgehead atoms. The van der Waals surface area contributed by atoms with Crippen LogP contribution in [0.3, 0.4) is 0 Å². The van der Waals surface area contributed by atoms with Crippen LogP contribution in [0, 0.1) is 13.8 Å². The predicted octanol–water partition coefficient (Wildman–Crippen LogP) is 4.46. The lowest BCUT2D eigenvalue weighted by Gasteiger charge is -2.14. The quantitative estimate of drug-likeness (QED) is 0.656. The van der Waals surface area contributed by atoms with Gasteiger partial charge in [-0.3, -0.25) is 4.79 Å². The van der Waals surface area contributed by atoms with Crippen molar-refractivity contribution in [2.24, 2.45) is 0 Å². The summed E-state index contributed by atoms with van der Waals surface area (Å²) in [4.78, 5) is 13.4. The highest BCUT2D eigenvalue weighted by Gasteiger charge is 2.16. The standard InChI is InChI=1S/C21H23N3OS/c1-15(18-10-6-4-7-11-18)22-20(25)14-26-21-16(2)23-24(17(21)3)19-12-8-5-9-13-19/h4-13,15H,14H2,1-3H3,(H,22,25)/t15-/m1/s1. The van der Waals surface area contributed by atoms with Crippen LogP contribution in [0.2, 0.25) is 0 Å². The van der Waals surface area contributed by atoms with E-state index in [9.17, 15) is 4.79 Å². The summed E-state index contributed by atoms with van der Waals surface area (Å²) in [5.74, 6) is 0.400. The fraction of sp³-hybridized carbons (Fsp3) is 0.238. The molecule has 2 aromatic carbocycles. The molecule has 1 aromatic heterocycles. The van der Waals surface area contributed by atoms with Gasteiger partial charge in [-0.15, -0.1) is 11.8 Å². The lowest BCUT2D eigenvalue weighted by Crippen LogP contribution is -2.28. The maximum Gasteiger partial charge on any atom is 0.230 e. The summed E-state index contributed by atoms with van der Waals surface area (Å²) >= 11 is 1.54. The van der Waals surface area contributed by atoms with Crippen LogP contribution in [-0.2, 0) is 4.79 Å². The van der Waals surface area contributed by atoms with E-state index >= 15 is 0 Å². The topological polar surface area (TPSA) is 46.9 Å². The largest absolute Gasteiger partial charge is 0.349 e. The number of aryl methyl sites for hydroxylation is 1. The highest BCUT2D eigenvalue weighted by atomic mass is 32.2. The maximum absolute atomic E-state index is 12.3. The second kappa shape index (κ2) is 8.23. The molecule has 0 aliphatic heterocycles. The van der Waals surface area contributed by atoms with Gasteiger partial charge in [0.2, 0.25) is 5.91 Å². The van der Waals surface area contributed by atoms with Gasteiger partial charge in [0.25, 0.3) is 0 Å². The molecular formula is C21H23N3OS. The van der Waals surface area contributed by atoms with Crippen LogP contribution >= 0.6 is 11.8 Å². The van der Waals surface area contributed by atoms with Crippen LogP contribution in [0.5, 0.6) is 0 Å². The van der Waals surface area contributed by atoms with Crippen molar-refractivity contribution in [1.29, 1.82) is 0 Å². The third kappa shape index (κ3) is 4.17. The Morgan fingerprint density at radius 3 is 2.35 bits per heavy atom. The Labute approximate surface area is 158 Å². The fourth-order valence-corrected chi connectivity index (χ4v) is 3.81. The summed E-state index contributed by atoms with van der Waals surface area (Å²) in [6.07, 6.45) is 0. The van der Waals surface area contributed by atoms with Gasteiger partial charge in [0.05, 0.1) is 33.8 Å². The van der Waals surface area contributed by atoms with Gasteiger partial charge in [-0.05, 0) is 38.5 Å². The van der Waals surface area contributed by atoms with Gasteiger partial charge in [-0.2, -0.15) is 5.10 Å². The van der Waals surface area contributed by atoms with Crippen LogP contribution in [0.1, 0.15) is 29.9 Å². The first-order valence-electron chi connectivity index (χ1n) is 8.65. The molecule has 0 aliphatic rings. The first kappa shape index (κ1) is 18.3. The number of nitrogens with zero attached hydrogens (tertiary/aromatic N) is 2. The monoisotopic (exact) mass is 365 g/mol. The number of benzene rings is 2. The molecule has 0 aliphatic carbocycles. The number of rotatable bonds is 6. The number of thioether (sulfide) groups is 1. The highest BCUT2D eigenvalue weighted by Crippen LogP contribution is 2.28.